The minimum atomic E-state index is -0.337. The maximum atomic E-state index is 11.7. The van der Waals surface area contributed by atoms with Crippen molar-refractivity contribution in [3.05, 3.63) is 29.5 Å². The highest BCUT2D eigenvalue weighted by atomic mass is 16.5. The molecule has 2 amide bonds. The van der Waals surface area contributed by atoms with E-state index in [-0.39, 0.29) is 18.7 Å². The molecule has 22 heavy (non-hydrogen) atoms. The van der Waals surface area contributed by atoms with Crippen LogP contribution in [0.1, 0.15) is 11.3 Å². The summed E-state index contributed by atoms with van der Waals surface area (Å²) in [5.41, 5.74) is 3.43. The Hall–Kier alpha value is -2.79. The Balaban J connectivity index is 1.70. The van der Waals surface area contributed by atoms with Gasteiger partial charge >= 0.3 is 6.03 Å². The topological polar surface area (TPSA) is 95.6 Å². The summed E-state index contributed by atoms with van der Waals surface area (Å²) in [6.07, 6.45) is 2.88. The largest absolute Gasteiger partial charge is 0.497 e. The van der Waals surface area contributed by atoms with Crippen LogP contribution in [0, 0.1) is 0 Å². The van der Waals surface area contributed by atoms with Crippen molar-refractivity contribution in [2.75, 3.05) is 13.8 Å². The van der Waals surface area contributed by atoms with E-state index in [0.29, 0.717) is 0 Å². The van der Waals surface area contributed by atoms with Crippen LogP contribution in [0.2, 0.25) is 0 Å². The number of amides is 2. The maximum Gasteiger partial charge on any atom is 0.316 e. The summed E-state index contributed by atoms with van der Waals surface area (Å²) < 4.78 is 5.26. The molecule has 1 aromatic heterocycles. The predicted molar refractivity (Wildman–Crippen MR) is 80.7 cm³/mol. The molecule has 7 nitrogen and oxygen atoms in total. The van der Waals surface area contributed by atoms with E-state index in [2.05, 4.69) is 20.6 Å². The number of benzene rings is 1. The van der Waals surface area contributed by atoms with E-state index in [9.17, 15) is 9.59 Å². The van der Waals surface area contributed by atoms with Gasteiger partial charge in [0, 0.05) is 29.1 Å². The summed E-state index contributed by atoms with van der Waals surface area (Å²) in [5.74, 6) is 0.815. The minimum Gasteiger partial charge on any atom is -0.497 e. The second-order valence-electron chi connectivity index (χ2n) is 5.16. The average Bonchev–Trinajstić information content (AvgIpc) is 3.04. The number of rotatable bonds is 4. The van der Waals surface area contributed by atoms with Crippen LogP contribution in [0.25, 0.3) is 10.9 Å². The zero-order valence-electron chi connectivity index (χ0n) is 12.1. The Morgan fingerprint density at radius 1 is 1.50 bits per heavy atom. The lowest BCUT2D eigenvalue weighted by Crippen LogP contribution is -2.42. The number of aromatic amines is 1. The molecule has 7 heteroatoms. The third-order valence-electron chi connectivity index (χ3n) is 3.82. The van der Waals surface area contributed by atoms with Gasteiger partial charge in [0.05, 0.1) is 7.11 Å². The Bertz CT molecular complexity index is 761. The Morgan fingerprint density at radius 2 is 2.36 bits per heavy atom. The molecule has 0 spiro atoms. The average molecular weight is 300 g/mol. The number of aliphatic imine (C=N–C) groups is 1. The first-order valence-electron chi connectivity index (χ1n) is 6.96. The van der Waals surface area contributed by atoms with Crippen molar-refractivity contribution in [1.82, 2.24) is 15.6 Å². The molecule has 1 atom stereocenters. The van der Waals surface area contributed by atoms with Crippen LogP contribution in [0.4, 0.5) is 4.79 Å². The monoisotopic (exact) mass is 300 g/mol. The molecule has 3 rings (SSSR count). The molecule has 1 heterocycles. The number of isocyanates is 1. The number of carbonyl (C=O) groups is 1. The Labute approximate surface area is 126 Å². The number of nitrogens with zero attached hydrogens (tertiary/aromatic N) is 1. The van der Waals surface area contributed by atoms with Crippen molar-refractivity contribution in [2.24, 2.45) is 4.99 Å². The number of carbonyl (C=O) groups excluding carboxylic acids is 2. The molecule has 0 fully saturated rings. The van der Waals surface area contributed by atoms with E-state index >= 15 is 0 Å². The number of urea groups is 1. The van der Waals surface area contributed by atoms with Crippen molar-refractivity contribution in [1.29, 1.82) is 0 Å². The number of methoxy groups -OCH3 is 1. The Morgan fingerprint density at radius 3 is 3.14 bits per heavy atom. The van der Waals surface area contributed by atoms with Crippen LogP contribution in [0.15, 0.2) is 23.2 Å². The van der Waals surface area contributed by atoms with E-state index < -0.39 is 0 Å². The molecule has 1 aliphatic rings. The molecule has 2 aromatic rings. The van der Waals surface area contributed by atoms with Crippen molar-refractivity contribution >= 4 is 23.0 Å². The van der Waals surface area contributed by atoms with Crippen LogP contribution in [0.3, 0.4) is 0 Å². The standard InChI is InChI=1S/C15H16N4O3/c1-22-10-2-3-13-12(6-10)11-4-9(5-14(11)19-13)18-15(21)17-7-16-8-20/h2-3,6,9,19H,4-5,7H2,1H3,(H2,17,18,21). The lowest BCUT2D eigenvalue weighted by atomic mass is 10.1. The molecule has 0 saturated heterocycles. The fourth-order valence-corrected chi connectivity index (χ4v) is 2.86. The molecule has 1 unspecified atom stereocenters. The number of ether oxygens (including phenoxy) is 1. The first-order chi connectivity index (χ1) is 10.7. The summed E-state index contributed by atoms with van der Waals surface area (Å²) in [7, 11) is 1.64. The lowest BCUT2D eigenvalue weighted by molar-refractivity contribution is 0.237. The molecular weight excluding hydrogens is 284 g/mol. The minimum absolute atomic E-state index is 0.0251. The summed E-state index contributed by atoms with van der Waals surface area (Å²) in [4.78, 5) is 28.3. The van der Waals surface area contributed by atoms with Crippen LogP contribution in [-0.4, -0.2) is 36.9 Å². The fourth-order valence-electron chi connectivity index (χ4n) is 2.86. The number of hydrogen-bond acceptors (Lipinski definition) is 4. The van der Waals surface area contributed by atoms with Crippen LogP contribution in [0.5, 0.6) is 5.75 Å². The molecule has 114 valence electrons. The van der Waals surface area contributed by atoms with Gasteiger partial charge in [-0.1, -0.05) is 0 Å². The second kappa shape index (κ2) is 5.91. The van der Waals surface area contributed by atoms with Gasteiger partial charge in [0.2, 0.25) is 6.08 Å². The highest BCUT2D eigenvalue weighted by Gasteiger charge is 2.26. The van der Waals surface area contributed by atoms with E-state index in [0.717, 1.165) is 35.2 Å². The number of aromatic nitrogens is 1. The van der Waals surface area contributed by atoms with Crippen molar-refractivity contribution in [2.45, 2.75) is 18.9 Å². The first kappa shape index (κ1) is 14.2. The molecule has 0 radical (unpaired) electrons. The van der Waals surface area contributed by atoms with Gasteiger partial charge in [0.15, 0.2) is 0 Å². The van der Waals surface area contributed by atoms with Crippen LogP contribution >= 0.6 is 0 Å². The fraction of sp³-hybridized carbons (Fsp3) is 0.333. The number of nitrogens with one attached hydrogen (secondary N) is 3. The van der Waals surface area contributed by atoms with Crippen molar-refractivity contribution in [3.63, 3.8) is 0 Å². The van der Waals surface area contributed by atoms with E-state index in [1.807, 2.05) is 18.2 Å². The van der Waals surface area contributed by atoms with Gasteiger partial charge in [0.25, 0.3) is 0 Å². The zero-order valence-corrected chi connectivity index (χ0v) is 12.1. The van der Waals surface area contributed by atoms with E-state index in [1.54, 1.807) is 7.11 Å². The Kier molecular flexibility index (Phi) is 3.80. The summed E-state index contributed by atoms with van der Waals surface area (Å²) in [5, 5.41) is 6.48. The van der Waals surface area contributed by atoms with Gasteiger partial charge < -0.3 is 20.4 Å². The van der Waals surface area contributed by atoms with Gasteiger partial charge in [-0.3, -0.25) is 0 Å². The van der Waals surface area contributed by atoms with Gasteiger partial charge in [-0.2, -0.15) is 4.99 Å². The highest BCUT2D eigenvalue weighted by molar-refractivity contribution is 5.87. The second-order valence-corrected chi connectivity index (χ2v) is 5.16. The quantitative estimate of drug-likeness (QED) is 0.585. The van der Waals surface area contributed by atoms with Crippen molar-refractivity contribution < 1.29 is 14.3 Å². The zero-order chi connectivity index (χ0) is 15.5. The summed E-state index contributed by atoms with van der Waals surface area (Å²) >= 11 is 0. The van der Waals surface area contributed by atoms with Crippen LogP contribution in [-0.2, 0) is 17.6 Å². The molecule has 0 aliphatic heterocycles. The normalized spacial score (nSPS) is 16.0. The molecule has 0 bridgehead atoms. The molecule has 1 aromatic carbocycles. The smallest absolute Gasteiger partial charge is 0.316 e. The molecule has 1 aliphatic carbocycles. The number of hydrogen-bond donors (Lipinski definition) is 3. The highest BCUT2D eigenvalue weighted by Crippen LogP contribution is 2.32. The number of H-pyrrole nitrogens is 1. The number of fused-ring (bicyclic) bond motifs is 3. The van der Waals surface area contributed by atoms with Gasteiger partial charge in [-0.05, 0) is 30.2 Å². The van der Waals surface area contributed by atoms with E-state index in [4.69, 9.17) is 4.74 Å². The summed E-state index contributed by atoms with van der Waals surface area (Å²) in [6, 6.07) is 5.61. The van der Waals surface area contributed by atoms with Gasteiger partial charge in [-0.25, -0.2) is 9.59 Å². The van der Waals surface area contributed by atoms with Crippen LogP contribution < -0.4 is 15.4 Å². The SMILES string of the molecule is COc1ccc2[nH]c3c(c2c1)CC(NC(=O)NCN=C=O)C3. The van der Waals surface area contributed by atoms with Gasteiger partial charge in [0.1, 0.15) is 12.4 Å². The third kappa shape index (κ3) is 2.66. The molecule has 3 N–H and O–H groups in total. The van der Waals surface area contributed by atoms with Gasteiger partial charge in [-0.15, -0.1) is 0 Å². The molecule has 0 saturated carbocycles. The van der Waals surface area contributed by atoms with E-state index in [1.165, 1.54) is 11.6 Å². The predicted octanol–water partition coefficient (Wildman–Crippen LogP) is 1.24. The summed E-state index contributed by atoms with van der Waals surface area (Å²) in [6.45, 7) is -0.0620. The lowest BCUT2D eigenvalue weighted by Gasteiger charge is -2.12. The van der Waals surface area contributed by atoms with Crippen molar-refractivity contribution in [3.8, 4) is 5.75 Å². The first-order valence-corrected chi connectivity index (χ1v) is 6.96. The third-order valence-corrected chi connectivity index (χ3v) is 3.82. The maximum absolute atomic E-state index is 11.7. The molecular formula is C15H16N4O3.